The molecule has 1 spiro atoms. The van der Waals surface area contributed by atoms with E-state index in [9.17, 15) is 14.3 Å². The zero-order chi connectivity index (χ0) is 17.5. The zero-order valence-electron chi connectivity index (χ0n) is 14.3. The van der Waals surface area contributed by atoms with Gasteiger partial charge in [-0.1, -0.05) is 0 Å². The van der Waals surface area contributed by atoms with Crippen LogP contribution >= 0.6 is 0 Å². The van der Waals surface area contributed by atoms with Crippen molar-refractivity contribution in [1.82, 2.24) is 4.90 Å². The Morgan fingerprint density at radius 1 is 1.33 bits per heavy atom. The summed E-state index contributed by atoms with van der Waals surface area (Å²) in [6.45, 7) is 3.08. The predicted molar refractivity (Wildman–Crippen MR) is 86.6 cm³/mol. The minimum atomic E-state index is -0.543. The van der Waals surface area contributed by atoms with E-state index in [1.54, 1.807) is 18.1 Å². The molecule has 1 heterocycles. The lowest BCUT2D eigenvalue weighted by Crippen LogP contribution is -2.69. The smallest absolute Gasteiger partial charge is 0.253 e. The molecule has 3 rings (SSSR count). The second-order valence-electron chi connectivity index (χ2n) is 6.95. The van der Waals surface area contributed by atoms with E-state index >= 15 is 0 Å². The van der Waals surface area contributed by atoms with Crippen LogP contribution in [0, 0.1) is 11.2 Å². The molecule has 5 nitrogen and oxygen atoms in total. The first kappa shape index (κ1) is 17.2. The summed E-state index contributed by atoms with van der Waals surface area (Å²) in [4.78, 5) is 14.3. The number of likely N-dealkylation sites (tertiary alicyclic amines) is 1. The fraction of sp³-hybridized carbons (Fsp3) is 0.611. The lowest BCUT2D eigenvalue weighted by atomic mass is 9.51. The summed E-state index contributed by atoms with van der Waals surface area (Å²) in [5.41, 5.74) is -0.315. The van der Waals surface area contributed by atoms with Gasteiger partial charge in [0.1, 0.15) is 0 Å². The van der Waals surface area contributed by atoms with Crippen LogP contribution in [-0.4, -0.2) is 54.9 Å². The van der Waals surface area contributed by atoms with Crippen molar-refractivity contribution in [2.24, 2.45) is 5.41 Å². The number of nitrogens with zero attached hydrogens (tertiary/aromatic N) is 1. The van der Waals surface area contributed by atoms with Crippen LogP contribution in [0.3, 0.4) is 0 Å². The molecule has 2 atom stereocenters. The summed E-state index contributed by atoms with van der Waals surface area (Å²) >= 11 is 0. The number of ether oxygens (including phenoxy) is 2. The Labute approximate surface area is 141 Å². The quantitative estimate of drug-likeness (QED) is 0.919. The van der Waals surface area contributed by atoms with E-state index in [1.165, 1.54) is 19.2 Å². The van der Waals surface area contributed by atoms with Crippen molar-refractivity contribution in [2.45, 2.75) is 37.9 Å². The molecular formula is C18H24FNO4. The molecular weight excluding hydrogens is 313 g/mol. The molecule has 2 aliphatic rings. The Kier molecular flexibility index (Phi) is 4.30. The molecule has 132 valence electrons. The molecule has 1 aliphatic carbocycles. The third-order valence-electron chi connectivity index (χ3n) is 6.07. The molecule has 1 aromatic rings. The molecule has 1 saturated carbocycles. The van der Waals surface area contributed by atoms with Crippen molar-refractivity contribution < 1.29 is 23.8 Å². The van der Waals surface area contributed by atoms with E-state index in [0.29, 0.717) is 37.9 Å². The largest absolute Gasteiger partial charge is 0.494 e. The molecule has 1 amide bonds. The van der Waals surface area contributed by atoms with Crippen molar-refractivity contribution in [1.29, 1.82) is 0 Å². The van der Waals surface area contributed by atoms with Crippen LogP contribution in [0.1, 0.15) is 36.5 Å². The first-order valence-electron chi connectivity index (χ1n) is 8.23. The third-order valence-corrected chi connectivity index (χ3v) is 6.07. The van der Waals surface area contributed by atoms with Crippen molar-refractivity contribution in [3.8, 4) is 5.75 Å². The number of amides is 1. The maximum Gasteiger partial charge on any atom is 0.253 e. The van der Waals surface area contributed by atoms with Gasteiger partial charge in [0.05, 0.1) is 18.8 Å². The molecule has 0 bridgehead atoms. The number of benzene rings is 1. The van der Waals surface area contributed by atoms with E-state index in [1.807, 2.05) is 6.92 Å². The number of carbonyl (C=O) groups excluding carboxylic acids is 1. The van der Waals surface area contributed by atoms with Gasteiger partial charge in [-0.15, -0.1) is 0 Å². The highest BCUT2D eigenvalue weighted by molar-refractivity contribution is 5.94. The predicted octanol–water partition coefficient (Wildman–Crippen LogP) is 2.23. The number of hydrogen-bond donors (Lipinski definition) is 1. The summed E-state index contributed by atoms with van der Waals surface area (Å²) in [7, 11) is 3.06. The maximum atomic E-state index is 13.8. The molecule has 0 unspecified atom stereocenters. The first-order chi connectivity index (χ1) is 11.4. The molecule has 6 heteroatoms. The normalized spacial score (nSPS) is 28.5. The molecule has 1 aliphatic heterocycles. The van der Waals surface area contributed by atoms with Crippen LogP contribution in [-0.2, 0) is 4.74 Å². The van der Waals surface area contributed by atoms with Crippen molar-refractivity contribution >= 4 is 5.91 Å². The van der Waals surface area contributed by atoms with Crippen molar-refractivity contribution in [3.63, 3.8) is 0 Å². The number of aliphatic hydroxyl groups excluding tert-OH is 1. The summed E-state index contributed by atoms with van der Waals surface area (Å²) in [6, 6.07) is 4.25. The standard InChI is InChI=1S/C18H24FNO4/c1-17(24-3)11-15(21)18(17)6-8-20(9-7-18)16(22)12-4-5-14(23-2)13(19)10-12/h4-5,10,15,21H,6-9,11H2,1-3H3/t15-,17+/m1/s1. The Hall–Kier alpha value is -1.66. The van der Waals surface area contributed by atoms with Gasteiger partial charge in [0.2, 0.25) is 0 Å². The summed E-state index contributed by atoms with van der Waals surface area (Å²) < 4.78 is 24.3. The zero-order valence-corrected chi connectivity index (χ0v) is 14.3. The van der Waals surface area contributed by atoms with E-state index in [0.717, 1.165) is 0 Å². The van der Waals surface area contributed by atoms with Crippen LogP contribution in [0.15, 0.2) is 18.2 Å². The highest BCUT2D eigenvalue weighted by Gasteiger charge is 2.63. The Balaban J connectivity index is 1.71. The number of rotatable bonds is 3. The Morgan fingerprint density at radius 2 is 2.00 bits per heavy atom. The average Bonchev–Trinajstić information content (AvgIpc) is 2.61. The number of carbonyl (C=O) groups is 1. The fourth-order valence-corrected chi connectivity index (χ4v) is 4.23. The number of piperidine rings is 1. The minimum absolute atomic E-state index is 0.123. The Morgan fingerprint density at radius 3 is 2.50 bits per heavy atom. The minimum Gasteiger partial charge on any atom is -0.494 e. The van der Waals surface area contributed by atoms with Crippen LogP contribution in [0.25, 0.3) is 0 Å². The third kappa shape index (κ3) is 2.40. The Bertz CT molecular complexity index is 642. The molecule has 1 saturated heterocycles. The molecule has 0 aromatic heterocycles. The van der Waals surface area contributed by atoms with Gasteiger partial charge in [0.25, 0.3) is 5.91 Å². The van der Waals surface area contributed by atoms with Crippen molar-refractivity contribution in [2.75, 3.05) is 27.3 Å². The summed E-state index contributed by atoms with van der Waals surface area (Å²) in [5, 5.41) is 10.3. The van der Waals surface area contributed by atoms with E-state index in [2.05, 4.69) is 0 Å². The lowest BCUT2D eigenvalue weighted by molar-refractivity contribution is -0.259. The van der Waals surface area contributed by atoms with Gasteiger partial charge in [-0.2, -0.15) is 0 Å². The van der Waals surface area contributed by atoms with E-state index < -0.39 is 11.9 Å². The van der Waals surface area contributed by atoms with Gasteiger partial charge in [-0.05, 0) is 38.0 Å². The topological polar surface area (TPSA) is 59.0 Å². The molecule has 2 fully saturated rings. The van der Waals surface area contributed by atoms with Gasteiger partial charge in [0, 0.05) is 37.6 Å². The molecule has 0 radical (unpaired) electrons. The number of aliphatic hydroxyl groups is 1. The molecule has 24 heavy (non-hydrogen) atoms. The SMILES string of the molecule is COc1ccc(C(=O)N2CCC3(CC2)[C@H](O)C[C@]3(C)OC)cc1F. The first-order valence-corrected chi connectivity index (χ1v) is 8.23. The molecule has 1 aromatic carbocycles. The second kappa shape index (κ2) is 6.01. The molecule has 1 N–H and O–H groups in total. The fourth-order valence-electron chi connectivity index (χ4n) is 4.23. The lowest BCUT2D eigenvalue weighted by Gasteiger charge is -2.62. The van der Waals surface area contributed by atoms with Crippen LogP contribution in [0.4, 0.5) is 4.39 Å². The monoisotopic (exact) mass is 337 g/mol. The van der Waals surface area contributed by atoms with Gasteiger partial charge >= 0.3 is 0 Å². The van der Waals surface area contributed by atoms with Gasteiger partial charge < -0.3 is 19.5 Å². The van der Waals surface area contributed by atoms with Gasteiger partial charge in [0.15, 0.2) is 11.6 Å². The summed E-state index contributed by atoms with van der Waals surface area (Å²) in [5.74, 6) is -0.616. The van der Waals surface area contributed by atoms with Crippen LogP contribution in [0.2, 0.25) is 0 Å². The van der Waals surface area contributed by atoms with E-state index in [-0.39, 0.29) is 22.7 Å². The number of hydrogen-bond acceptors (Lipinski definition) is 4. The number of halogens is 1. The highest BCUT2D eigenvalue weighted by atomic mass is 19.1. The van der Waals surface area contributed by atoms with Crippen molar-refractivity contribution in [3.05, 3.63) is 29.6 Å². The van der Waals surface area contributed by atoms with Crippen LogP contribution < -0.4 is 4.74 Å². The highest BCUT2D eigenvalue weighted by Crippen LogP contribution is 2.58. The second-order valence-corrected chi connectivity index (χ2v) is 6.95. The van der Waals surface area contributed by atoms with E-state index in [4.69, 9.17) is 9.47 Å². The average molecular weight is 337 g/mol. The summed E-state index contributed by atoms with van der Waals surface area (Å²) in [6.07, 6.45) is 1.60. The van der Waals surface area contributed by atoms with Crippen LogP contribution in [0.5, 0.6) is 5.75 Å². The maximum absolute atomic E-state index is 13.8. The van der Waals surface area contributed by atoms with Gasteiger partial charge in [-0.25, -0.2) is 4.39 Å². The number of methoxy groups -OCH3 is 2. The van der Waals surface area contributed by atoms with Gasteiger partial charge in [-0.3, -0.25) is 4.79 Å².